The number of nitrogens with zero attached hydrogens (tertiary/aromatic N) is 1. The molecule has 0 aliphatic carbocycles. The van der Waals surface area contributed by atoms with E-state index in [1.807, 2.05) is 0 Å². The molecule has 126 valence electrons. The molecule has 1 aromatic rings. The summed E-state index contributed by atoms with van der Waals surface area (Å²) in [6, 6.07) is 3.50. The second-order valence-corrected chi connectivity index (χ2v) is 5.54. The molecular weight excluding hydrogens is 318 g/mol. The van der Waals surface area contributed by atoms with Crippen molar-refractivity contribution in [1.29, 1.82) is 0 Å². The van der Waals surface area contributed by atoms with E-state index in [4.69, 9.17) is 10.2 Å². The van der Waals surface area contributed by atoms with Crippen molar-refractivity contribution in [2.45, 2.75) is 25.2 Å². The van der Waals surface area contributed by atoms with E-state index in [9.17, 15) is 19.2 Å². The van der Waals surface area contributed by atoms with E-state index >= 15 is 0 Å². The van der Waals surface area contributed by atoms with Crippen LogP contribution < -0.4 is 10.6 Å². The van der Waals surface area contributed by atoms with Crippen LogP contribution in [0.25, 0.3) is 0 Å². The van der Waals surface area contributed by atoms with Gasteiger partial charge in [0.2, 0.25) is 11.8 Å². The molecule has 1 unspecified atom stereocenters. The van der Waals surface area contributed by atoms with Gasteiger partial charge in [0.25, 0.3) is 11.8 Å². The molecule has 2 heterocycles. The first-order valence-corrected chi connectivity index (χ1v) is 7.34. The Balaban J connectivity index is 1.92. The summed E-state index contributed by atoms with van der Waals surface area (Å²) in [4.78, 5) is 49.3. The van der Waals surface area contributed by atoms with Crippen LogP contribution in [0.2, 0.25) is 0 Å². The predicted octanol–water partition coefficient (Wildman–Crippen LogP) is -1.19. The average Bonchev–Trinajstić information content (AvgIpc) is 2.78. The lowest BCUT2D eigenvalue weighted by Crippen LogP contribution is -2.54. The smallest absolute Gasteiger partial charge is 0.264 e. The van der Waals surface area contributed by atoms with Crippen LogP contribution in [0.15, 0.2) is 18.2 Å². The zero-order valence-corrected chi connectivity index (χ0v) is 12.5. The number of rotatable bonds is 4. The molecule has 9 nitrogen and oxygen atoms in total. The normalized spacial score (nSPS) is 20.5. The van der Waals surface area contributed by atoms with Crippen LogP contribution in [0.3, 0.4) is 0 Å². The van der Waals surface area contributed by atoms with Gasteiger partial charge in [-0.2, -0.15) is 0 Å². The maximum atomic E-state index is 12.7. The van der Waals surface area contributed by atoms with Crippen molar-refractivity contribution in [2.24, 2.45) is 0 Å². The van der Waals surface area contributed by atoms with Crippen molar-refractivity contribution in [3.05, 3.63) is 29.3 Å². The minimum absolute atomic E-state index is 0.0472. The van der Waals surface area contributed by atoms with Gasteiger partial charge in [-0.1, -0.05) is 6.07 Å². The summed E-state index contributed by atoms with van der Waals surface area (Å²) in [7, 11) is 0. The maximum Gasteiger partial charge on any atom is 0.264 e. The molecule has 0 radical (unpaired) electrons. The lowest BCUT2D eigenvalue weighted by Gasteiger charge is -2.27. The van der Waals surface area contributed by atoms with Crippen LogP contribution in [0.5, 0.6) is 0 Å². The number of aliphatic hydroxyl groups is 2. The topological polar surface area (TPSA) is 136 Å². The van der Waals surface area contributed by atoms with Crippen molar-refractivity contribution in [1.82, 2.24) is 10.2 Å². The van der Waals surface area contributed by atoms with Gasteiger partial charge in [-0.25, -0.2) is 0 Å². The van der Waals surface area contributed by atoms with E-state index in [0.717, 1.165) is 4.90 Å². The number of anilines is 1. The van der Waals surface area contributed by atoms with E-state index < -0.39 is 36.0 Å². The molecule has 0 spiro atoms. The molecule has 3 rings (SSSR count). The van der Waals surface area contributed by atoms with E-state index in [1.165, 1.54) is 12.1 Å². The Hall–Kier alpha value is -2.78. The second kappa shape index (κ2) is 6.02. The van der Waals surface area contributed by atoms with Gasteiger partial charge >= 0.3 is 0 Å². The zero-order chi connectivity index (χ0) is 17.4. The quantitative estimate of drug-likeness (QED) is 0.402. The summed E-state index contributed by atoms with van der Waals surface area (Å²) < 4.78 is 0. The highest BCUT2D eigenvalue weighted by molar-refractivity contribution is 6.25. The Labute approximate surface area is 136 Å². The summed E-state index contributed by atoms with van der Waals surface area (Å²) >= 11 is 0. The van der Waals surface area contributed by atoms with Crippen LogP contribution >= 0.6 is 0 Å². The Bertz CT molecular complexity index is 745. The minimum Gasteiger partial charge on any atom is -0.379 e. The molecule has 1 aromatic carbocycles. The minimum atomic E-state index is -1.63. The average molecular weight is 333 g/mol. The van der Waals surface area contributed by atoms with Crippen LogP contribution in [0, 0.1) is 0 Å². The monoisotopic (exact) mass is 333 g/mol. The van der Waals surface area contributed by atoms with Crippen molar-refractivity contribution >= 4 is 29.3 Å². The summed E-state index contributed by atoms with van der Waals surface area (Å²) in [6.45, 7) is -0.226. The highest BCUT2D eigenvalue weighted by atomic mass is 16.5. The summed E-state index contributed by atoms with van der Waals surface area (Å²) in [5, 5.41) is 22.7. The number of hydrogen-bond acceptors (Lipinski definition) is 7. The van der Waals surface area contributed by atoms with Gasteiger partial charge < -0.3 is 15.5 Å². The first kappa shape index (κ1) is 16.1. The van der Waals surface area contributed by atoms with Crippen molar-refractivity contribution in [3.8, 4) is 0 Å². The van der Waals surface area contributed by atoms with Crippen LogP contribution in [-0.2, 0) is 9.59 Å². The van der Waals surface area contributed by atoms with Gasteiger partial charge in [0.15, 0.2) is 6.29 Å². The van der Waals surface area contributed by atoms with E-state index in [-0.39, 0.29) is 36.2 Å². The third-order valence-corrected chi connectivity index (χ3v) is 3.94. The summed E-state index contributed by atoms with van der Waals surface area (Å²) in [5.74, 6) is -2.38. The molecule has 0 aromatic heterocycles. The fourth-order valence-corrected chi connectivity index (χ4v) is 2.86. The van der Waals surface area contributed by atoms with Crippen LogP contribution in [0.1, 0.15) is 33.6 Å². The first-order valence-electron chi connectivity index (χ1n) is 7.34. The summed E-state index contributed by atoms with van der Waals surface area (Å²) in [6.07, 6.45) is -1.50. The molecule has 24 heavy (non-hydrogen) atoms. The number of amides is 4. The van der Waals surface area contributed by atoms with Crippen LogP contribution in [0.4, 0.5) is 5.69 Å². The number of piperidine rings is 1. The fraction of sp³-hybridized carbons (Fsp3) is 0.333. The lowest BCUT2D eigenvalue weighted by atomic mass is 10.0. The molecular formula is C15H15N3O6. The predicted molar refractivity (Wildman–Crippen MR) is 79.8 cm³/mol. The third kappa shape index (κ3) is 2.63. The number of nitrogens with one attached hydrogen (secondary N) is 2. The lowest BCUT2D eigenvalue weighted by molar-refractivity contribution is -0.136. The van der Waals surface area contributed by atoms with E-state index in [2.05, 4.69) is 10.6 Å². The number of hydrogen-bond donors (Lipinski definition) is 4. The van der Waals surface area contributed by atoms with Crippen molar-refractivity contribution < 1.29 is 29.4 Å². The number of imide groups is 2. The van der Waals surface area contributed by atoms with Crippen molar-refractivity contribution in [2.75, 3.05) is 11.9 Å². The van der Waals surface area contributed by atoms with E-state index in [0.29, 0.717) is 0 Å². The zero-order valence-electron chi connectivity index (χ0n) is 12.5. The Kier molecular flexibility index (Phi) is 4.04. The maximum absolute atomic E-state index is 12.7. The van der Waals surface area contributed by atoms with Gasteiger partial charge in [0.05, 0.1) is 17.7 Å². The largest absolute Gasteiger partial charge is 0.379 e. The molecule has 0 bridgehead atoms. The number of fused-ring (bicyclic) bond motifs is 1. The molecule has 9 heteroatoms. The molecule has 2 aliphatic rings. The number of carbonyl (C=O) groups is 4. The van der Waals surface area contributed by atoms with Gasteiger partial charge in [-0.05, 0) is 18.6 Å². The number of aliphatic hydroxyl groups excluding tert-OH is 1. The molecule has 4 amide bonds. The Morgan fingerprint density at radius 1 is 1.21 bits per heavy atom. The van der Waals surface area contributed by atoms with Crippen LogP contribution in [-0.4, -0.2) is 57.6 Å². The molecule has 4 N–H and O–H groups in total. The molecule has 1 saturated heterocycles. The van der Waals surface area contributed by atoms with E-state index in [1.54, 1.807) is 6.07 Å². The fourth-order valence-electron chi connectivity index (χ4n) is 2.86. The molecule has 0 saturated carbocycles. The number of benzene rings is 1. The molecule has 1 atom stereocenters. The highest BCUT2D eigenvalue weighted by Gasteiger charge is 2.45. The van der Waals surface area contributed by atoms with Gasteiger partial charge in [-0.3, -0.25) is 29.4 Å². The SMILES string of the molecule is O=C1CCC(N2C(=O)c3cccc(NCC(O)O)c3C2=O)C(=O)N1. The van der Waals surface area contributed by atoms with Gasteiger partial charge in [-0.15, -0.1) is 0 Å². The third-order valence-electron chi connectivity index (χ3n) is 3.94. The standard InChI is InChI=1S/C15H15N3O6/c19-10-5-4-9(13(22)17-10)18-14(23)7-2-1-3-8(12(7)15(18)24)16-6-11(20)21/h1-3,9,11,16,20-21H,4-6H2,(H,17,19,22). The number of carbonyl (C=O) groups excluding carboxylic acids is 4. The van der Waals surface area contributed by atoms with Crippen molar-refractivity contribution in [3.63, 3.8) is 0 Å². The Morgan fingerprint density at radius 2 is 1.96 bits per heavy atom. The van der Waals surface area contributed by atoms with Gasteiger partial charge in [0, 0.05) is 12.1 Å². The summed E-state index contributed by atoms with van der Waals surface area (Å²) in [5.41, 5.74) is 0.476. The Morgan fingerprint density at radius 3 is 2.62 bits per heavy atom. The first-order chi connectivity index (χ1) is 11.4. The molecule has 1 fully saturated rings. The highest BCUT2D eigenvalue weighted by Crippen LogP contribution is 2.32. The molecule has 2 aliphatic heterocycles. The van der Waals surface area contributed by atoms with Gasteiger partial charge in [0.1, 0.15) is 6.04 Å². The second-order valence-electron chi connectivity index (χ2n) is 5.54.